The van der Waals surface area contributed by atoms with E-state index in [-0.39, 0.29) is 17.7 Å². The van der Waals surface area contributed by atoms with Gasteiger partial charge in [0.25, 0.3) is 5.91 Å². The van der Waals surface area contributed by atoms with Gasteiger partial charge in [0.15, 0.2) is 0 Å². The van der Waals surface area contributed by atoms with Crippen molar-refractivity contribution in [2.24, 2.45) is 5.92 Å². The Kier molecular flexibility index (Phi) is 6.42. The standard InChI is InChI=1S/C20H22ClN3O3/c21-16-3-1-14(2-4-16)20(27)24-17-11-15(12-18(17)25)19(26)23-10-7-13-5-8-22-9-6-13/h1-6,8-9,15,17-18,25H,7,10-12H2,(H,23,26)(H,24,27)/t15-,17+,18+/m0/s1. The normalized spacial score (nSPS) is 21.6. The summed E-state index contributed by atoms with van der Waals surface area (Å²) in [7, 11) is 0. The van der Waals surface area contributed by atoms with Crippen LogP contribution in [0.2, 0.25) is 5.02 Å². The van der Waals surface area contributed by atoms with Crippen LogP contribution in [0.1, 0.15) is 28.8 Å². The fourth-order valence-corrected chi connectivity index (χ4v) is 3.39. The zero-order valence-corrected chi connectivity index (χ0v) is 15.5. The Morgan fingerprint density at radius 2 is 1.81 bits per heavy atom. The number of nitrogens with zero attached hydrogens (tertiary/aromatic N) is 1. The Bertz CT molecular complexity index is 783. The van der Waals surface area contributed by atoms with Crippen molar-refractivity contribution in [3.63, 3.8) is 0 Å². The number of nitrogens with one attached hydrogen (secondary N) is 2. The van der Waals surface area contributed by atoms with E-state index in [1.807, 2.05) is 12.1 Å². The number of rotatable bonds is 6. The number of pyridine rings is 1. The van der Waals surface area contributed by atoms with Gasteiger partial charge in [-0.1, -0.05) is 11.6 Å². The maximum absolute atomic E-state index is 12.4. The van der Waals surface area contributed by atoms with Gasteiger partial charge in [0.1, 0.15) is 0 Å². The van der Waals surface area contributed by atoms with Gasteiger partial charge in [-0.2, -0.15) is 0 Å². The average Bonchev–Trinajstić information content (AvgIpc) is 3.03. The molecular weight excluding hydrogens is 366 g/mol. The largest absolute Gasteiger partial charge is 0.391 e. The highest BCUT2D eigenvalue weighted by Gasteiger charge is 2.37. The minimum atomic E-state index is -0.739. The first-order chi connectivity index (χ1) is 13.0. The molecule has 142 valence electrons. The molecule has 1 aliphatic rings. The summed E-state index contributed by atoms with van der Waals surface area (Å²) in [6, 6.07) is 9.91. The summed E-state index contributed by atoms with van der Waals surface area (Å²) in [4.78, 5) is 28.6. The van der Waals surface area contributed by atoms with Crippen LogP contribution < -0.4 is 10.6 Å². The summed E-state index contributed by atoms with van der Waals surface area (Å²) in [5.74, 6) is -0.686. The molecule has 3 rings (SSSR count). The molecule has 1 heterocycles. The summed E-state index contributed by atoms with van der Waals surface area (Å²) < 4.78 is 0. The fraction of sp³-hybridized carbons (Fsp3) is 0.350. The number of aromatic nitrogens is 1. The van der Waals surface area contributed by atoms with Crippen molar-refractivity contribution in [1.29, 1.82) is 0 Å². The van der Waals surface area contributed by atoms with Gasteiger partial charge >= 0.3 is 0 Å². The lowest BCUT2D eigenvalue weighted by Crippen LogP contribution is -2.40. The van der Waals surface area contributed by atoms with Crippen molar-refractivity contribution in [1.82, 2.24) is 15.6 Å². The number of carbonyl (C=O) groups is 2. The number of benzene rings is 1. The van der Waals surface area contributed by atoms with Crippen molar-refractivity contribution >= 4 is 23.4 Å². The van der Waals surface area contributed by atoms with E-state index in [1.165, 1.54) is 0 Å². The van der Waals surface area contributed by atoms with Crippen molar-refractivity contribution in [3.8, 4) is 0 Å². The zero-order valence-electron chi connectivity index (χ0n) is 14.8. The predicted molar refractivity (Wildman–Crippen MR) is 102 cm³/mol. The van der Waals surface area contributed by atoms with Gasteiger partial charge in [-0.3, -0.25) is 14.6 Å². The average molecular weight is 388 g/mol. The van der Waals surface area contributed by atoms with Crippen LogP contribution in [0.15, 0.2) is 48.8 Å². The lowest BCUT2D eigenvalue weighted by atomic mass is 10.1. The third kappa shape index (κ3) is 5.28. The highest BCUT2D eigenvalue weighted by molar-refractivity contribution is 6.30. The number of hydrogen-bond acceptors (Lipinski definition) is 4. The molecule has 7 heteroatoms. The maximum Gasteiger partial charge on any atom is 0.251 e. The second kappa shape index (κ2) is 8.97. The number of aliphatic hydroxyl groups is 1. The van der Waals surface area contributed by atoms with Gasteiger partial charge in [0.05, 0.1) is 12.1 Å². The third-order valence-corrected chi connectivity index (χ3v) is 5.04. The van der Waals surface area contributed by atoms with Crippen LogP contribution in [0.4, 0.5) is 0 Å². The van der Waals surface area contributed by atoms with Crippen LogP contribution in [0.3, 0.4) is 0 Å². The Hall–Kier alpha value is -2.44. The maximum atomic E-state index is 12.4. The number of halogens is 1. The molecule has 0 saturated heterocycles. The highest BCUT2D eigenvalue weighted by atomic mass is 35.5. The van der Waals surface area contributed by atoms with Crippen molar-refractivity contribution in [2.45, 2.75) is 31.4 Å². The molecule has 0 bridgehead atoms. The van der Waals surface area contributed by atoms with Crippen LogP contribution in [-0.4, -0.2) is 40.6 Å². The van der Waals surface area contributed by atoms with Gasteiger partial charge in [0.2, 0.25) is 5.91 Å². The highest BCUT2D eigenvalue weighted by Crippen LogP contribution is 2.26. The molecule has 3 atom stereocenters. The number of aliphatic hydroxyl groups excluding tert-OH is 1. The summed E-state index contributed by atoms with van der Waals surface area (Å²) in [6.07, 6.45) is 4.18. The molecule has 0 aliphatic heterocycles. The Morgan fingerprint density at radius 3 is 2.52 bits per heavy atom. The van der Waals surface area contributed by atoms with E-state index in [2.05, 4.69) is 15.6 Å². The molecule has 2 amide bonds. The summed E-state index contributed by atoms with van der Waals surface area (Å²) in [6.45, 7) is 0.525. The SMILES string of the molecule is O=C(N[C@@H]1C[C@H](C(=O)NCCc2ccncc2)C[C@H]1O)c1ccc(Cl)cc1. The van der Waals surface area contributed by atoms with Crippen molar-refractivity contribution in [3.05, 3.63) is 64.9 Å². The summed E-state index contributed by atoms with van der Waals surface area (Å²) >= 11 is 5.83. The third-order valence-electron chi connectivity index (χ3n) is 4.78. The molecule has 1 aliphatic carbocycles. The van der Waals surface area contributed by atoms with Crippen LogP contribution in [0.25, 0.3) is 0 Å². The minimum absolute atomic E-state index is 0.0913. The fourth-order valence-electron chi connectivity index (χ4n) is 3.26. The molecule has 6 nitrogen and oxygen atoms in total. The van der Waals surface area contributed by atoms with Crippen LogP contribution in [0, 0.1) is 5.92 Å². The monoisotopic (exact) mass is 387 g/mol. The molecule has 0 unspecified atom stereocenters. The van der Waals surface area contributed by atoms with Gasteiger partial charge in [-0.15, -0.1) is 0 Å². The molecule has 3 N–H and O–H groups in total. The van der Waals surface area contributed by atoms with E-state index in [0.717, 1.165) is 12.0 Å². The Morgan fingerprint density at radius 1 is 1.11 bits per heavy atom. The molecule has 0 spiro atoms. The van der Waals surface area contributed by atoms with E-state index in [0.29, 0.717) is 30.0 Å². The lowest BCUT2D eigenvalue weighted by molar-refractivity contribution is -0.125. The lowest BCUT2D eigenvalue weighted by Gasteiger charge is -2.16. The minimum Gasteiger partial charge on any atom is -0.391 e. The predicted octanol–water partition coefficient (Wildman–Crippen LogP) is 1.96. The van der Waals surface area contributed by atoms with Crippen molar-refractivity contribution < 1.29 is 14.7 Å². The van der Waals surface area contributed by atoms with Gasteiger partial charge < -0.3 is 15.7 Å². The first-order valence-electron chi connectivity index (χ1n) is 8.94. The van der Waals surface area contributed by atoms with E-state index in [1.54, 1.807) is 36.7 Å². The van der Waals surface area contributed by atoms with Gasteiger partial charge in [-0.25, -0.2) is 0 Å². The zero-order chi connectivity index (χ0) is 19.2. The molecule has 27 heavy (non-hydrogen) atoms. The van der Waals surface area contributed by atoms with Crippen LogP contribution in [-0.2, 0) is 11.2 Å². The van der Waals surface area contributed by atoms with Gasteiger partial charge in [0, 0.05) is 35.4 Å². The van der Waals surface area contributed by atoms with Crippen LogP contribution >= 0.6 is 11.6 Å². The van der Waals surface area contributed by atoms with Crippen LogP contribution in [0.5, 0.6) is 0 Å². The Balaban J connectivity index is 1.47. The molecular formula is C20H22ClN3O3. The molecule has 1 saturated carbocycles. The number of amides is 2. The molecule has 2 aromatic rings. The molecule has 1 aromatic heterocycles. The number of carbonyl (C=O) groups excluding carboxylic acids is 2. The topological polar surface area (TPSA) is 91.3 Å². The van der Waals surface area contributed by atoms with E-state index in [9.17, 15) is 14.7 Å². The summed E-state index contributed by atoms with van der Waals surface area (Å²) in [5, 5.41) is 16.5. The van der Waals surface area contributed by atoms with Crippen molar-refractivity contribution in [2.75, 3.05) is 6.54 Å². The Labute approximate surface area is 163 Å². The van der Waals surface area contributed by atoms with E-state index < -0.39 is 12.1 Å². The molecule has 0 radical (unpaired) electrons. The smallest absolute Gasteiger partial charge is 0.251 e. The number of hydrogen-bond donors (Lipinski definition) is 3. The quantitative estimate of drug-likeness (QED) is 0.706. The second-order valence-electron chi connectivity index (χ2n) is 6.72. The van der Waals surface area contributed by atoms with E-state index in [4.69, 9.17) is 11.6 Å². The van der Waals surface area contributed by atoms with Gasteiger partial charge in [-0.05, 0) is 61.2 Å². The first kappa shape index (κ1) is 19.3. The van der Waals surface area contributed by atoms with E-state index >= 15 is 0 Å². The first-order valence-corrected chi connectivity index (χ1v) is 9.32. The molecule has 1 aromatic carbocycles. The molecule has 1 fully saturated rings. The summed E-state index contributed by atoms with van der Waals surface area (Å²) in [5.41, 5.74) is 1.57. The second-order valence-corrected chi connectivity index (χ2v) is 7.16.